The van der Waals surface area contributed by atoms with Crippen molar-refractivity contribution in [2.75, 3.05) is 6.61 Å². The van der Waals surface area contributed by atoms with E-state index in [0.29, 0.717) is 18.4 Å². The van der Waals surface area contributed by atoms with E-state index in [9.17, 15) is 24.4 Å². The Labute approximate surface area is 179 Å². The normalized spacial score (nSPS) is 16.5. The monoisotopic (exact) mass is 416 g/mol. The summed E-state index contributed by atoms with van der Waals surface area (Å²) in [7, 11) is 0. The smallest absolute Gasteiger partial charge is 0.339 e. The molecule has 2 aromatic carbocycles. The fourth-order valence-corrected chi connectivity index (χ4v) is 4.25. The molecule has 2 aliphatic carbocycles. The average molecular weight is 416 g/mol. The second-order valence-electron chi connectivity index (χ2n) is 7.81. The van der Waals surface area contributed by atoms with E-state index in [2.05, 4.69) is 11.4 Å². The number of fused-ring (bicyclic) bond motifs is 2. The Balaban J connectivity index is 1.52. The molecule has 0 spiro atoms. The maximum absolute atomic E-state index is 13.0. The van der Waals surface area contributed by atoms with Crippen molar-refractivity contribution in [2.45, 2.75) is 37.6 Å². The zero-order valence-corrected chi connectivity index (χ0v) is 16.8. The van der Waals surface area contributed by atoms with Crippen LogP contribution in [0.5, 0.6) is 0 Å². The first-order valence-electron chi connectivity index (χ1n) is 10.2. The van der Waals surface area contributed by atoms with Gasteiger partial charge >= 0.3 is 5.97 Å². The van der Waals surface area contributed by atoms with Crippen LogP contribution in [-0.4, -0.2) is 35.6 Å². The van der Waals surface area contributed by atoms with Gasteiger partial charge in [0.1, 0.15) is 5.54 Å². The zero-order valence-electron chi connectivity index (χ0n) is 16.8. The summed E-state index contributed by atoms with van der Waals surface area (Å²) < 4.78 is 5.13. The number of esters is 1. The highest BCUT2D eigenvalue weighted by Gasteiger charge is 2.35. The molecule has 0 heterocycles. The molecule has 156 valence electrons. The lowest BCUT2D eigenvalue weighted by Crippen LogP contribution is -2.50. The van der Waals surface area contributed by atoms with Crippen LogP contribution in [0.4, 0.5) is 0 Å². The van der Waals surface area contributed by atoms with Crippen LogP contribution in [0.3, 0.4) is 0 Å². The minimum Gasteiger partial charge on any atom is -0.452 e. The quantitative estimate of drug-likeness (QED) is 0.654. The maximum Gasteiger partial charge on any atom is 0.339 e. The average Bonchev–Trinajstić information content (AvgIpc) is 2.81. The number of nitrogens with zero attached hydrogens (tertiary/aromatic N) is 1. The van der Waals surface area contributed by atoms with Gasteiger partial charge in [-0.25, -0.2) is 4.79 Å². The van der Waals surface area contributed by atoms with Crippen molar-refractivity contribution in [1.82, 2.24) is 5.32 Å². The molecule has 0 aliphatic heterocycles. The molecule has 7 nitrogen and oxygen atoms in total. The Morgan fingerprint density at radius 1 is 0.935 bits per heavy atom. The van der Waals surface area contributed by atoms with Gasteiger partial charge in [0, 0.05) is 22.3 Å². The highest BCUT2D eigenvalue weighted by atomic mass is 16.5. The van der Waals surface area contributed by atoms with Crippen molar-refractivity contribution in [3.8, 4) is 6.07 Å². The summed E-state index contributed by atoms with van der Waals surface area (Å²) in [6.07, 6.45) is 3.84. The summed E-state index contributed by atoms with van der Waals surface area (Å²) in [5.41, 5.74) is -0.360. The molecule has 2 aromatic rings. The van der Waals surface area contributed by atoms with Gasteiger partial charge in [0.25, 0.3) is 5.91 Å². The highest BCUT2D eigenvalue weighted by molar-refractivity contribution is 6.30. The molecule has 0 saturated heterocycles. The Kier molecular flexibility index (Phi) is 5.38. The van der Waals surface area contributed by atoms with Gasteiger partial charge in [-0.15, -0.1) is 0 Å². The Hall–Kier alpha value is -3.79. The van der Waals surface area contributed by atoms with Crippen LogP contribution >= 0.6 is 0 Å². The van der Waals surface area contributed by atoms with Crippen molar-refractivity contribution in [2.24, 2.45) is 0 Å². The number of ketones is 2. The van der Waals surface area contributed by atoms with Gasteiger partial charge in [-0.3, -0.25) is 14.4 Å². The van der Waals surface area contributed by atoms with Crippen LogP contribution in [0.15, 0.2) is 42.5 Å². The number of carbonyl (C=O) groups is 4. The van der Waals surface area contributed by atoms with Crippen LogP contribution in [0, 0.1) is 11.3 Å². The number of nitrogens with one attached hydrogen (secondary N) is 1. The molecule has 0 radical (unpaired) electrons. The molecule has 0 aromatic heterocycles. The molecule has 0 unspecified atom stereocenters. The number of carbonyl (C=O) groups excluding carboxylic acids is 4. The van der Waals surface area contributed by atoms with Gasteiger partial charge < -0.3 is 10.1 Å². The lowest BCUT2D eigenvalue weighted by atomic mass is 9.82. The number of amides is 1. The predicted octanol–water partition coefficient (Wildman–Crippen LogP) is 2.96. The van der Waals surface area contributed by atoms with E-state index in [1.807, 2.05) is 0 Å². The summed E-state index contributed by atoms with van der Waals surface area (Å²) >= 11 is 0. The third-order valence-electron chi connectivity index (χ3n) is 5.81. The van der Waals surface area contributed by atoms with Crippen LogP contribution in [0.25, 0.3) is 0 Å². The highest BCUT2D eigenvalue weighted by Crippen LogP contribution is 2.30. The van der Waals surface area contributed by atoms with Crippen LogP contribution in [-0.2, 0) is 9.53 Å². The van der Waals surface area contributed by atoms with Gasteiger partial charge in [0.05, 0.1) is 11.6 Å². The third-order valence-corrected chi connectivity index (χ3v) is 5.81. The van der Waals surface area contributed by atoms with Crippen molar-refractivity contribution in [1.29, 1.82) is 5.26 Å². The van der Waals surface area contributed by atoms with Crippen LogP contribution in [0.2, 0.25) is 0 Å². The molecule has 1 amide bonds. The minimum atomic E-state index is -0.931. The number of rotatable bonds is 4. The first-order valence-corrected chi connectivity index (χ1v) is 10.2. The third kappa shape index (κ3) is 3.73. The molecule has 4 rings (SSSR count). The Bertz CT molecular complexity index is 1140. The van der Waals surface area contributed by atoms with E-state index >= 15 is 0 Å². The molecule has 0 bridgehead atoms. The molecule has 31 heavy (non-hydrogen) atoms. The molecule has 1 fully saturated rings. The minimum absolute atomic E-state index is 0.0163. The van der Waals surface area contributed by atoms with Crippen LogP contribution in [0.1, 0.15) is 74.3 Å². The number of ether oxygens (including phenoxy) is 1. The summed E-state index contributed by atoms with van der Waals surface area (Å²) in [5, 5.41) is 12.2. The summed E-state index contributed by atoms with van der Waals surface area (Å²) in [6.45, 7) is -0.579. The number of nitriles is 1. The second kappa shape index (κ2) is 8.15. The van der Waals surface area contributed by atoms with Gasteiger partial charge in [0.2, 0.25) is 0 Å². The van der Waals surface area contributed by atoms with Gasteiger partial charge in [-0.2, -0.15) is 5.26 Å². The molecular formula is C24H20N2O5. The first kappa shape index (κ1) is 20.5. The predicted molar refractivity (Wildman–Crippen MR) is 110 cm³/mol. The molecule has 1 saturated carbocycles. The maximum atomic E-state index is 13.0. The molecule has 0 atom stereocenters. The van der Waals surface area contributed by atoms with Crippen LogP contribution < -0.4 is 5.32 Å². The Morgan fingerprint density at radius 2 is 1.58 bits per heavy atom. The Morgan fingerprint density at radius 3 is 2.26 bits per heavy atom. The second-order valence-corrected chi connectivity index (χ2v) is 7.81. The fraction of sp³-hybridized carbons (Fsp3) is 0.292. The molecular weight excluding hydrogens is 396 g/mol. The number of hydrogen-bond acceptors (Lipinski definition) is 6. The lowest BCUT2D eigenvalue weighted by molar-refractivity contribution is -0.125. The van der Waals surface area contributed by atoms with E-state index in [0.717, 1.165) is 19.3 Å². The summed E-state index contributed by atoms with van der Waals surface area (Å²) in [4.78, 5) is 50.8. The largest absolute Gasteiger partial charge is 0.452 e. The number of hydrogen-bond donors (Lipinski definition) is 1. The summed E-state index contributed by atoms with van der Waals surface area (Å²) in [5.74, 6) is -2.23. The van der Waals surface area contributed by atoms with E-state index in [-0.39, 0.29) is 28.0 Å². The standard InChI is InChI=1S/C24H20N2O5/c25-14-24(11-4-1-5-12-24)26-19(27)13-31-23(30)18-10-6-9-17-20(18)22(29)16-8-3-2-7-15(16)21(17)28/h2-3,6-10H,1,4-5,11-13H2,(H,26,27). The SMILES string of the molecule is N#CC1(NC(=O)COC(=O)c2cccc3c2C(=O)c2ccccc2C3=O)CCCCC1. The summed E-state index contributed by atoms with van der Waals surface area (Å²) in [6, 6.07) is 13.0. The van der Waals surface area contributed by atoms with Crippen molar-refractivity contribution in [3.05, 3.63) is 70.3 Å². The van der Waals surface area contributed by atoms with Crippen molar-refractivity contribution < 1.29 is 23.9 Å². The fourth-order valence-electron chi connectivity index (χ4n) is 4.25. The topological polar surface area (TPSA) is 113 Å². The van der Waals surface area contributed by atoms with Gasteiger partial charge in [0.15, 0.2) is 18.2 Å². The number of benzene rings is 2. The van der Waals surface area contributed by atoms with E-state index in [1.165, 1.54) is 18.2 Å². The van der Waals surface area contributed by atoms with E-state index in [4.69, 9.17) is 4.74 Å². The van der Waals surface area contributed by atoms with Crippen molar-refractivity contribution >= 4 is 23.4 Å². The molecule has 1 N–H and O–H groups in total. The molecule has 2 aliphatic rings. The lowest BCUT2D eigenvalue weighted by Gasteiger charge is -2.31. The zero-order chi connectivity index (χ0) is 22.0. The van der Waals surface area contributed by atoms with Gasteiger partial charge in [-0.05, 0) is 18.9 Å². The van der Waals surface area contributed by atoms with E-state index in [1.54, 1.807) is 24.3 Å². The first-order chi connectivity index (χ1) is 15.0. The van der Waals surface area contributed by atoms with Crippen molar-refractivity contribution in [3.63, 3.8) is 0 Å². The van der Waals surface area contributed by atoms with Gasteiger partial charge in [-0.1, -0.05) is 55.7 Å². The van der Waals surface area contributed by atoms with E-state index < -0.39 is 29.8 Å². The molecule has 7 heteroatoms.